The molecule has 1 aromatic rings. The number of nitrogens with zero attached hydrogens (tertiary/aromatic N) is 2. The number of carbonyl (C=O) groups excluding carboxylic acids is 1. The molecule has 1 fully saturated rings. The highest BCUT2D eigenvalue weighted by Crippen LogP contribution is 2.09. The quantitative estimate of drug-likeness (QED) is 0.832. The summed E-state index contributed by atoms with van der Waals surface area (Å²) in [4.78, 5) is 18.3. The lowest BCUT2D eigenvalue weighted by Gasteiger charge is -2.20. The Kier molecular flexibility index (Phi) is 5.30. The van der Waals surface area contributed by atoms with Gasteiger partial charge < -0.3 is 10.6 Å². The molecule has 1 atom stereocenters. The Bertz CT molecular complexity index is 388. The number of hydrogen-bond donors (Lipinski definition) is 2. The van der Waals surface area contributed by atoms with Crippen molar-refractivity contribution in [3.8, 4) is 0 Å². The van der Waals surface area contributed by atoms with E-state index >= 15 is 0 Å². The van der Waals surface area contributed by atoms with Gasteiger partial charge in [0.25, 0.3) is 0 Å². The number of hydrogen-bond acceptors (Lipinski definition) is 4. The van der Waals surface area contributed by atoms with Crippen LogP contribution in [0.2, 0.25) is 0 Å². The number of nitrogens with one attached hydrogen (secondary N) is 2. The fourth-order valence-corrected chi connectivity index (χ4v) is 2.27. The van der Waals surface area contributed by atoms with E-state index in [2.05, 4.69) is 20.5 Å². The molecule has 1 aromatic heterocycles. The Morgan fingerprint density at radius 3 is 3.21 bits per heavy atom. The molecule has 5 heteroatoms. The van der Waals surface area contributed by atoms with Gasteiger partial charge in [0.2, 0.25) is 5.91 Å². The first-order valence-corrected chi connectivity index (χ1v) is 6.88. The first-order chi connectivity index (χ1) is 9.25. The molecule has 0 saturated carbocycles. The number of amides is 1. The first kappa shape index (κ1) is 14.0. The van der Waals surface area contributed by atoms with Gasteiger partial charge in [-0.05, 0) is 38.1 Å². The van der Waals surface area contributed by atoms with Crippen molar-refractivity contribution in [2.75, 3.05) is 32.7 Å². The second kappa shape index (κ2) is 7.21. The highest BCUT2D eigenvalue weighted by atomic mass is 16.2. The summed E-state index contributed by atoms with van der Waals surface area (Å²) in [5.41, 5.74) is 1.04. The topological polar surface area (TPSA) is 57.3 Å². The van der Waals surface area contributed by atoms with E-state index in [1.807, 2.05) is 19.1 Å². The summed E-state index contributed by atoms with van der Waals surface area (Å²) in [6.45, 7) is 6.40. The van der Waals surface area contributed by atoms with E-state index in [0.717, 1.165) is 38.2 Å². The fraction of sp³-hybridized carbons (Fsp3) is 0.571. The van der Waals surface area contributed by atoms with E-state index in [9.17, 15) is 4.79 Å². The molecule has 2 rings (SSSR count). The Hall–Kier alpha value is -1.46. The number of rotatable bonds is 4. The third-order valence-electron chi connectivity index (χ3n) is 3.36. The molecule has 1 aliphatic heterocycles. The number of pyridine rings is 1. The van der Waals surface area contributed by atoms with Crippen LogP contribution >= 0.6 is 0 Å². The van der Waals surface area contributed by atoms with Crippen LogP contribution < -0.4 is 10.6 Å². The molecule has 1 amide bonds. The summed E-state index contributed by atoms with van der Waals surface area (Å²) < 4.78 is 0. The van der Waals surface area contributed by atoms with Gasteiger partial charge in [0.15, 0.2) is 0 Å². The molecule has 0 aliphatic carbocycles. The highest BCUT2D eigenvalue weighted by molar-refractivity contribution is 5.78. The van der Waals surface area contributed by atoms with Crippen molar-refractivity contribution >= 4 is 5.91 Å². The second-order valence-corrected chi connectivity index (χ2v) is 4.96. The molecule has 5 nitrogen and oxygen atoms in total. The largest absolute Gasteiger partial charge is 0.348 e. The van der Waals surface area contributed by atoms with E-state index in [-0.39, 0.29) is 11.9 Å². The summed E-state index contributed by atoms with van der Waals surface area (Å²) in [5, 5.41) is 6.36. The van der Waals surface area contributed by atoms with Gasteiger partial charge in [-0.3, -0.25) is 14.7 Å². The van der Waals surface area contributed by atoms with Crippen LogP contribution in [0, 0.1) is 0 Å². The maximum atomic E-state index is 12.0. The molecule has 0 bridgehead atoms. The first-order valence-electron chi connectivity index (χ1n) is 6.88. The van der Waals surface area contributed by atoms with Gasteiger partial charge in [0.1, 0.15) is 0 Å². The van der Waals surface area contributed by atoms with Gasteiger partial charge in [-0.15, -0.1) is 0 Å². The molecule has 0 aromatic carbocycles. The van der Waals surface area contributed by atoms with Crippen molar-refractivity contribution in [3.05, 3.63) is 30.1 Å². The smallest absolute Gasteiger partial charge is 0.234 e. The van der Waals surface area contributed by atoms with Gasteiger partial charge >= 0.3 is 0 Å². The average Bonchev–Trinajstić information content (AvgIpc) is 2.68. The third-order valence-corrected chi connectivity index (χ3v) is 3.36. The lowest BCUT2D eigenvalue weighted by atomic mass is 10.1. The SMILES string of the molecule is CC(NC(=O)CN1CCCNCC1)c1cccnc1. The van der Waals surface area contributed by atoms with Crippen molar-refractivity contribution < 1.29 is 4.79 Å². The van der Waals surface area contributed by atoms with Crippen LogP contribution in [0.25, 0.3) is 0 Å². The zero-order valence-electron chi connectivity index (χ0n) is 11.4. The van der Waals surface area contributed by atoms with Crippen molar-refractivity contribution in [3.63, 3.8) is 0 Å². The minimum atomic E-state index is 0.00584. The number of carbonyl (C=O) groups is 1. The maximum absolute atomic E-state index is 12.0. The summed E-state index contributed by atoms with van der Waals surface area (Å²) in [7, 11) is 0. The maximum Gasteiger partial charge on any atom is 0.234 e. The summed E-state index contributed by atoms with van der Waals surface area (Å²) in [6.07, 6.45) is 4.63. The predicted molar refractivity (Wildman–Crippen MR) is 74.7 cm³/mol. The van der Waals surface area contributed by atoms with Crippen LogP contribution in [-0.4, -0.2) is 48.5 Å². The van der Waals surface area contributed by atoms with Crippen LogP contribution in [-0.2, 0) is 4.79 Å². The zero-order chi connectivity index (χ0) is 13.5. The molecule has 1 unspecified atom stereocenters. The van der Waals surface area contributed by atoms with Gasteiger partial charge in [0, 0.05) is 25.5 Å². The van der Waals surface area contributed by atoms with Crippen molar-refractivity contribution in [1.82, 2.24) is 20.5 Å². The van der Waals surface area contributed by atoms with E-state index in [0.29, 0.717) is 6.54 Å². The van der Waals surface area contributed by atoms with Crippen LogP contribution in [0.4, 0.5) is 0 Å². The average molecular weight is 262 g/mol. The molecule has 0 spiro atoms. The normalized spacial score (nSPS) is 18.6. The van der Waals surface area contributed by atoms with E-state index in [4.69, 9.17) is 0 Å². The summed E-state index contributed by atoms with van der Waals surface area (Å²) >= 11 is 0. The van der Waals surface area contributed by atoms with Crippen LogP contribution in [0.3, 0.4) is 0 Å². The molecule has 104 valence electrons. The Morgan fingerprint density at radius 2 is 2.42 bits per heavy atom. The standard InChI is InChI=1S/C14H22N4O/c1-12(13-4-2-5-16-10-13)17-14(19)11-18-8-3-6-15-7-9-18/h2,4-5,10,12,15H,3,6-9,11H2,1H3,(H,17,19). The summed E-state index contributed by atoms with van der Waals surface area (Å²) in [5.74, 6) is 0.0817. The molecule has 1 saturated heterocycles. The van der Waals surface area contributed by atoms with Crippen LogP contribution in [0.5, 0.6) is 0 Å². The lowest BCUT2D eigenvalue weighted by molar-refractivity contribution is -0.122. The minimum Gasteiger partial charge on any atom is -0.348 e. The van der Waals surface area contributed by atoms with Crippen molar-refractivity contribution in [2.45, 2.75) is 19.4 Å². The molecule has 1 aliphatic rings. The zero-order valence-corrected chi connectivity index (χ0v) is 11.4. The molecule has 0 radical (unpaired) electrons. The molecule has 2 heterocycles. The van der Waals surface area contributed by atoms with Gasteiger partial charge in [-0.25, -0.2) is 0 Å². The van der Waals surface area contributed by atoms with Crippen LogP contribution in [0.1, 0.15) is 24.9 Å². The van der Waals surface area contributed by atoms with E-state index in [1.54, 1.807) is 12.4 Å². The van der Waals surface area contributed by atoms with Crippen molar-refractivity contribution in [1.29, 1.82) is 0 Å². The van der Waals surface area contributed by atoms with Gasteiger partial charge in [-0.1, -0.05) is 6.07 Å². The van der Waals surface area contributed by atoms with Crippen LogP contribution in [0.15, 0.2) is 24.5 Å². The van der Waals surface area contributed by atoms with Gasteiger partial charge in [-0.2, -0.15) is 0 Å². The minimum absolute atomic E-state index is 0.00584. The van der Waals surface area contributed by atoms with Gasteiger partial charge in [0.05, 0.1) is 12.6 Å². The third kappa shape index (κ3) is 4.61. The molecule has 2 N–H and O–H groups in total. The highest BCUT2D eigenvalue weighted by Gasteiger charge is 2.14. The molecular weight excluding hydrogens is 240 g/mol. The molecular formula is C14H22N4O. The second-order valence-electron chi connectivity index (χ2n) is 4.96. The van der Waals surface area contributed by atoms with Crippen molar-refractivity contribution in [2.24, 2.45) is 0 Å². The number of aromatic nitrogens is 1. The predicted octanol–water partition coefficient (Wildman–Crippen LogP) is 0.554. The monoisotopic (exact) mass is 262 g/mol. The lowest BCUT2D eigenvalue weighted by Crippen LogP contribution is -2.39. The Balaban J connectivity index is 1.80. The van der Waals surface area contributed by atoms with E-state index < -0.39 is 0 Å². The Morgan fingerprint density at radius 1 is 1.53 bits per heavy atom. The Labute approximate surface area is 114 Å². The fourth-order valence-electron chi connectivity index (χ4n) is 2.27. The summed E-state index contributed by atoms with van der Waals surface area (Å²) in [6, 6.07) is 3.87. The molecule has 19 heavy (non-hydrogen) atoms. The van der Waals surface area contributed by atoms with E-state index in [1.165, 1.54) is 0 Å².